The first-order valence-corrected chi connectivity index (χ1v) is 14.5. The zero-order valence-corrected chi connectivity index (χ0v) is 22.8. The first-order chi connectivity index (χ1) is 19.3. The minimum atomic E-state index is -3.87. The Bertz CT molecular complexity index is 1400. The molecular weight excluding hydrogens is 530 g/mol. The van der Waals surface area contributed by atoms with Gasteiger partial charge in [-0.05, 0) is 73.7 Å². The highest BCUT2D eigenvalue weighted by molar-refractivity contribution is 8.19. The summed E-state index contributed by atoms with van der Waals surface area (Å²) in [6.07, 6.45) is 6.75. The number of rotatable bonds is 12. The second-order valence-electron chi connectivity index (χ2n) is 9.30. The van der Waals surface area contributed by atoms with Crippen molar-refractivity contribution in [2.75, 3.05) is 18.6 Å². The van der Waals surface area contributed by atoms with Crippen LogP contribution in [0.3, 0.4) is 0 Å². The van der Waals surface area contributed by atoms with E-state index >= 15 is 0 Å². The van der Waals surface area contributed by atoms with Crippen LogP contribution in [0.15, 0.2) is 83.3 Å². The quantitative estimate of drug-likeness (QED) is 0.0769. The average molecular weight is 564 g/mol. The fourth-order valence-electron chi connectivity index (χ4n) is 4.55. The van der Waals surface area contributed by atoms with Crippen molar-refractivity contribution in [3.63, 3.8) is 0 Å². The third-order valence-electron chi connectivity index (χ3n) is 6.49. The summed E-state index contributed by atoms with van der Waals surface area (Å²) in [7, 11) is -3.87. The number of carbonyl (C=O) groups is 2. The topological polar surface area (TPSA) is 140 Å². The first-order valence-electron chi connectivity index (χ1n) is 13.0. The number of carbonyl (C=O) groups excluding carboxylic acids is 2. The Morgan fingerprint density at radius 2 is 1.82 bits per heavy atom. The third-order valence-corrected chi connectivity index (χ3v) is 7.45. The molecule has 1 aliphatic carbocycles. The van der Waals surface area contributed by atoms with E-state index in [9.17, 15) is 23.2 Å². The van der Waals surface area contributed by atoms with E-state index in [1.165, 1.54) is 12.3 Å². The molecule has 210 valence electrons. The third kappa shape index (κ3) is 7.36. The largest absolute Gasteiger partial charge is 0.493 e. The second-order valence-corrected chi connectivity index (χ2v) is 10.8. The molecule has 0 fully saturated rings. The number of benzene rings is 3. The molecule has 0 unspecified atom stereocenters. The number of amides is 1. The molecule has 0 saturated carbocycles. The highest BCUT2D eigenvalue weighted by Crippen LogP contribution is 2.44. The molecule has 0 spiro atoms. The van der Waals surface area contributed by atoms with E-state index in [2.05, 4.69) is 22.4 Å². The maximum absolute atomic E-state index is 12.5. The molecule has 9 nitrogen and oxygen atoms in total. The molecule has 0 aromatic heterocycles. The summed E-state index contributed by atoms with van der Waals surface area (Å²) in [6, 6.07) is 16.7. The maximum atomic E-state index is 12.5. The summed E-state index contributed by atoms with van der Waals surface area (Å²) in [5.41, 5.74) is 7.16. The molecule has 1 amide bonds. The lowest BCUT2D eigenvalue weighted by atomic mass is 9.86. The number of ketones is 1. The molecular formula is C30H33N3O6S. The molecule has 3 aromatic rings. The number of allylic oxidation sites excluding steroid dienone is 1. The molecule has 10 heteroatoms. The van der Waals surface area contributed by atoms with Crippen LogP contribution in [0.4, 0.5) is 5.69 Å². The number of anilines is 1. The minimum absolute atomic E-state index is 0.0191. The Labute approximate surface area is 235 Å². The molecule has 0 aliphatic heterocycles. The predicted molar refractivity (Wildman–Crippen MR) is 158 cm³/mol. The molecule has 3 aromatic carbocycles. The van der Waals surface area contributed by atoms with Gasteiger partial charge in [0, 0.05) is 35.2 Å². The van der Waals surface area contributed by atoms with Crippen molar-refractivity contribution in [2.45, 2.75) is 37.0 Å². The number of hydrazone groups is 1. The summed E-state index contributed by atoms with van der Waals surface area (Å²) >= 11 is 0. The van der Waals surface area contributed by atoms with Crippen LogP contribution in [0.25, 0.3) is 0 Å². The van der Waals surface area contributed by atoms with Crippen LogP contribution in [-0.4, -0.2) is 44.7 Å². The highest BCUT2D eigenvalue weighted by atomic mass is 32.3. The maximum Gasteiger partial charge on any atom is 0.251 e. The van der Waals surface area contributed by atoms with Gasteiger partial charge in [0.25, 0.3) is 5.91 Å². The van der Waals surface area contributed by atoms with Crippen LogP contribution < -0.4 is 15.5 Å². The molecule has 5 N–H and O–H groups in total. The Kier molecular flexibility index (Phi) is 9.73. The summed E-state index contributed by atoms with van der Waals surface area (Å²) in [5.74, 6) is 0.735. The average Bonchev–Trinajstić information content (AvgIpc) is 2.94. The fourth-order valence-corrected chi connectivity index (χ4v) is 5.25. The number of hydrogen-bond acceptors (Lipinski definition) is 8. The van der Waals surface area contributed by atoms with E-state index in [0.717, 1.165) is 35.3 Å². The van der Waals surface area contributed by atoms with Gasteiger partial charge >= 0.3 is 0 Å². The van der Waals surface area contributed by atoms with Crippen molar-refractivity contribution < 1.29 is 28.0 Å². The number of hydrogen-bond donors (Lipinski definition) is 5. The molecule has 0 bridgehead atoms. The monoisotopic (exact) mass is 563 g/mol. The van der Waals surface area contributed by atoms with Gasteiger partial charge in [-0.25, -0.2) is 0 Å². The Morgan fingerprint density at radius 3 is 2.58 bits per heavy atom. The normalized spacial score (nSPS) is 13.5. The lowest BCUT2D eigenvalue weighted by Gasteiger charge is -2.21. The number of fused-ring (bicyclic) bond motifs is 1. The van der Waals surface area contributed by atoms with E-state index in [0.29, 0.717) is 49.2 Å². The van der Waals surface area contributed by atoms with E-state index in [-0.39, 0.29) is 16.6 Å². The van der Waals surface area contributed by atoms with Crippen LogP contribution >= 0.6 is 10.9 Å². The molecule has 40 heavy (non-hydrogen) atoms. The van der Waals surface area contributed by atoms with Gasteiger partial charge in [-0.3, -0.25) is 15.0 Å². The number of nitrogens with zero attached hydrogens (tertiary/aromatic N) is 1. The standard InChI is InChI=1S/C30H33N3O6S/c1-2-7-26-24-9-5-10-27(34)25(24)16-17-28(26)39-19-6-18-31-30(35)21-12-14-23(15-13-21)33-32-20-22-8-3-4-11-29(22)40(36,37)38/h2-4,8,11-17,20,33,36-38H,1,5-7,9-10,18-19H2,(H,31,35)/b32-20+. The molecule has 0 radical (unpaired) electrons. The Balaban J connectivity index is 1.24. The van der Waals surface area contributed by atoms with Gasteiger partial charge in [-0.1, -0.05) is 24.3 Å². The smallest absolute Gasteiger partial charge is 0.251 e. The predicted octanol–water partition coefficient (Wildman–Crippen LogP) is 6.16. The van der Waals surface area contributed by atoms with Crippen LogP contribution in [0, 0.1) is 0 Å². The van der Waals surface area contributed by atoms with Crippen molar-refractivity contribution in [2.24, 2.45) is 5.10 Å². The molecule has 0 heterocycles. The first kappa shape index (κ1) is 29.0. The van der Waals surface area contributed by atoms with Gasteiger partial charge in [-0.15, -0.1) is 6.58 Å². The summed E-state index contributed by atoms with van der Waals surface area (Å²) < 4.78 is 34.6. The van der Waals surface area contributed by atoms with Crippen molar-refractivity contribution >= 4 is 34.5 Å². The van der Waals surface area contributed by atoms with Crippen LogP contribution in [0.1, 0.15) is 56.7 Å². The lowest BCUT2D eigenvalue weighted by Crippen LogP contribution is -2.25. The summed E-state index contributed by atoms with van der Waals surface area (Å²) in [6.45, 7) is 4.70. The Hall–Kier alpha value is -3.96. The van der Waals surface area contributed by atoms with Gasteiger partial charge < -0.3 is 23.7 Å². The van der Waals surface area contributed by atoms with Gasteiger partial charge in [-0.2, -0.15) is 5.10 Å². The van der Waals surface area contributed by atoms with Crippen LogP contribution in [-0.2, 0) is 12.8 Å². The SMILES string of the molecule is C=CCc1c(OCCCNC(=O)c2ccc(N/N=C/c3ccccc3S(O)(O)O)cc2)ccc2c1CCCC2=O. The van der Waals surface area contributed by atoms with Crippen LogP contribution in [0.5, 0.6) is 5.75 Å². The van der Waals surface area contributed by atoms with Crippen molar-refractivity contribution in [3.05, 3.63) is 101 Å². The van der Waals surface area contributed by atoms with E-state index in [4.69, 9.17) is 4.74 Å². The van der Waals surface area contributed by atoms with Crippen molar-refractivity contribution in [1.29, 1.82) is 0 Å². The van der Waals surface area contributed by atoms with Crippen LogP contribution in [0.2, 0.25) is 0 Å². The number of ether oxygens (including phenoxy) is 1. The highest BCUT2D eigenvalue weighted by Gasteiger charge is 2.22. The van der Waals surface area contributed by atoms with Gasteiger partial charge in [0.2, 0.25) is 0 Å². The molecule has 0 atom stereocenters. The molecule has 4 rings (SSSR count). The van der Waals surface area contributed by atoms with E-state index < -0.39 is 10.9 Å². The summed E-state index contributed by atoms with van der Waals surface area (Å²) in [4.78, 5) is 24.8. The second kappa shape index (κ2) is 13.4. The van der Waals surface area contributed by atoms with Gasteiger partial charge in [0.15, 0.2) is 5.78 Å². The fraction of sp³-hybridized carbons (Fsp3) is 0.233. The zero-order valence-electron chi connectivity index (χ0n) is 22.0. The minimum Gasteiger partial charge on any atom is -0.493 e. The molecule has 1 aliphatic rings. The van der Waals surface area contributed by atoms with Gasteiger partial charge in [0.1, 0.15) is 16.6 Å². The molecule has 0 saturated heterocycles. The Morgan fingerprint density at radius 1 is 1.05 bits per heavy atom. The zero-order chi connectivity index (χ0) is 28.5. The van der Waals surface area contributed by atoms with E-state index in [1.807, 2.05) is 18.2 Å². The lowest BCUT2D eigenvalue weighted by molar-refractivity contribution is 0.0949. The van der Waals surface area contributed by atoms with E-state index in [1.54, 1.807) is 42.5 Å². The summed E-state index contributed by atoms with van der Waals surface area (Å²) in [5, 5.41) is 6.96. The van der Waals surface area contributed by atoms with Gasteiger partial charge in [0.05, 0.1) is 23.4 Å². The van der Waals surface area contributed by atoms with Crippen molar-refractivity contribution in [3.8, 4) is 5.75 Å². The number of nitrogens with one attached hydrogen (secondary N) is 2. The van der Waals surface area contributed by atoms with Crippen molar-refractivity contribution in [1.82, 2.24) is 5.32 Å². The number of Topliss-reactive ketones (excluding diaryl/α,β-unsaturated/α-hetero) is 1.